The van der Waals surface area contributed by atoms with E-state index in [1.165, 1.54) is 57.8 Å². The summed E-state index contributed by atoms with van der Waals surface area (Å²) in [4.78, 5) is 0. The molecule has 131 valence electrons. The van der Waals surface area contributed by atoms with Gasteiger partial charge in [0.1, 0.15) is 0 Å². The maximum Gasteiger partial charge on any atom is 0.209 e. The third-order valence-corrected chi connectivity index (χ3v) is 7.46. The van der Waals surface area contributed by atoms with Gasteiger partial charge in [0.15, 0.2) is 0 Å². The minimum atomic E-state index is -0.314. The number of nitrogens with zero attached hydrogens (tertiary/aromatic N) is 1. The first kappa shape index (κ1) is 20.6. The molecular formula is C20H38BN2. The highest BCUT2D eigenvalue weighted by Crippen LogP contribution is 2.56. The van der Waals surface area contributed by atoms with E-state index in [2.05, 4.69) is 47.6 Å². The Bertz CT molecular complexity index is 424. The lowest BCUT2D eigenvalue weighted by molar-refractivity contribution is -0.0162. The minimum Gasteiger partial charge on any atom is -0.374 e. The first-order valence-corrected chi connectivity index (χ1v) is 9.51. The average molecular weight is 317 g/mol. The molecule has 2 unspecified atom stereocenters. The fourth-order valence-electron chi connectivity index (χ4n) is 4.22. The van der Waals surface area contributed by atoms with Crippen LogP contribution in [0.4, 0.5) is 0 Å². The molecule has 0 aromatic rings. The summed E-state index contributed by atoms with van der Waals surface area (Å²) >= 11 is 0. The predicted molar refractivity (Wildman–Crippen MR) is 101 cm³/mol. The molecule has 0 aliphatic heterocycles. The average Bonchev–Trinajstić information content (AvgIpc) is 2.53. The second kappa shape index (κ2) is 7.60. The summed E-state index contributed by atoms with van der Waals surface area (Å²) in [6.45, 7) is 13.6. The molecule has 0 heterocycles. The lowest BCUT2D eigenvalue weighted by Crippen LogP contribution is -2.45. The van der Waals surface area contributed by atoms with E-state index in [4.69, 9.17) is 5.64 Å². The number of rotatable bonds is 3. The first-order valence-electron chi connectivity index (χ1n) is 9.51. The summed E-state index contributed by atoms with van der Waals surface area (Å²) in [6, 6.07) is 2.58. The van der Waals surface area contributed by atoms with Gasteiger partial charge in [-0.25, -0.2) is 0 Å². The quantitative estimate of drug-likeness (QED) is 0.664. The number of hydrogen-bond acceptors (Lipinski definition) is 2. The Morgan fingerprint density at radius 2 is 1.35 bits per heavy atom. The van der Waals surface area contributed by atoms with Gasteiger partial charge in [0.25, 0.3) is 0 Å². The number of nitriles is 1. The van der Waals surface area contributed by atoms with E-state index in [1.54, 1.807) is 0 Å². The molecule has 0 bridgehead atoms. The molecule has 1 saturated carbocycles. The van der Waals surface area contributed by atoms with Crippen molar-refractivity contribution in [3.05, 3.63) is 0 Å². The van der Waals surface area contributed by atoms with Crippen LogP contribution in [0, 0.1) is 27.6 Å². The van der Waals surface area contributed by atoms with Crippen LogP contribution >= 0.6 is 0 Å². The third kappa shape index (κ3) is 4.53. The Hall–Kier alpha value is -0.485. The summed E-state index contributed by atoms with van der Waals surface area (Å²) < 4.78 is 0. The number of nitrogens with two attached hydrogens (primary N) is 1. The second-order valence-corrected chi connectivity index (χ2v) is 9.51. The highest BCUT2D eigenvalue weighted by molar-refractivity contribution is 6.35. The van der Waals surface area contributed by atoms with Crippen LogP contribution in [0.25, 0.3) is 0 Å². The Kier molecular flexibility index (Phi) is 6.79. The van der Waals surface area contributed by atoms with E-state index >= 15 is 0 Å². The normalized spacial score (nSPS) is 31.7. The lowest BCUT2D eigenvalue weighted by Gasteiger charge is -2.51. The van der Waals surface area contributed by atoms with Gasteiger partial charge in [-0.1, -0.05) is 72.6 Å². The van der Waals surface area contributed by atoms with E-state index in [0.29, 0.717) is 0 Å². The Morgan fingerprint density at radius 1 is 0.870 bits per heavy atom. The summed E-state index contributed by atoms with van der Waals surface area (Å²) in [7, 11) is 1.94. The van der Waals surface area contributed by atoms with Crippen molar-refractivity contribution in [3.8, 4) is 6.07 Å². The fraction of sp³-hybridized carbons (Fsp3) is 0.950. The standard InChI is InChI=1S/C20H38BN2/c1-17(2,16-22)18(3,4)19(5)12-9-7-8-10-14-20(6,21-23)15-11-13-19/h7-15,23H2,1-6H3. The molecule has 1 radical (unpaired) electrons. The van der Waals surface area contributed by atoms with Gasteiger partial charge in [0.05, 0.1) is 11.5 Å². The topological polar surface area (TPSA) is 49.8 Å². The van der Waals surface area contributed by atoms with Gasteiger partial charge in [-0.15, -0.1) is 0 Å². The lowest BCUT2D eigenvalue weighted by atomic mass is 9.51. The van der Waals surface area contributed by atoms with E-state index < -0.39 is 0 Å². The zero-order chi connectivity index (χ0) is 17.8. The molecule has 0 spiro atoms. The SMILES string of the molecule is CC1([B]N)CCCCCCC(C)(C(C)(C)C(C)(C)C#N)CCC1. The van der Waals surface area contributed by atoms with E-state index in [-0.39, 0.29) is 21.6 Å². The fourth-order valence-corrected chi connectivity index (χ4v) is 4.22. The third-order valence-electron chi connectivity index (χ3n) is 7.46. The highest BCUT2D eigenvalue weighted by atomic mass is 14.5. The summed E-state index contributed by atoms with van der Waals surface area (Å²) in [5.41, 5.74) is 5.84. The van der Waals surface area contributed by atoms with Gasteiger partial charge < -0.3 is 5.64 Å². The molecule has 1 rings (SSSR count). The molecule has 1 aliphatic rings. The predicted octanol–water partition coefficient (Wildman–Crippen LogP) is 5.85. The zero-order valence-corrected chi connectivity index (χ0v) is 16.5. The summed E-state index contributed by atoms with van der Waals surface area (Å²) in [5.74, 6) is 0. The first-order chi connectivity index (χ1) is 10.5. The molecular weight excluding hydrogens is 279 g/mol. The summed E-state index contributed by atoms with van der Waals surface area (Å²) in [6.07, 6.45) is 11.2. The van der Waals surface area contributed by atoms with Crippen molar-refractivity contribution < 1.29 is 0 Å². The van der Waals surface area contributed by atoms with Crippen molar-refractivity contribution in [3.63, 3.8) is 0 Å². The van der Waals surface area contributed by atoms with Gasteiger partial charge in [0.2, 0.25) is 7.41 Å². The van der Waals surface area contributed by atoms with Crippen LogP contribution in [0.3, 0.4) is 0 Å². The molecule has 23 heavy (non-hydrogen) atoms. The van der Waals surface area contributed by atoms with E-state index in [9.17, 15) is 5.26 Å². The van der Waals surface area contributed by atoms with E-state index in [1.807, 2.05) is 7.41 Å². The molecule has 0 aromatic heterocycles. The molecule has 1 aliphatic carbocycles. The van der Waals surface area contributed by atoms with Gasteiger partial charge in [0, 0.05) is 0 Å². The molecule has 2 atom stereocenters. The zero-order valence-electron chi connectivity index (χ0n) is 16.5. The monoisotopic (exact) mass is 317 g/mol. The van der Waals surface area contributed by atoms with Crippen LogP contribution < -0.4 is 5.64 Å². The van der Waals surface area contributed by atoms with Crippen molar-refractivity contribution in [2.45, 2.75) is 105 Å². The molecule has 3 heteroatoms. The molecule has 2 nitrogen and oxygen atoms in total. The largest absolute Gasteiger partial charge is 0.374 e. The van der Waals surface area contributed by atoms with Crippen LogP contribution in [-0.4, -0.2) is 7.41 Å². The van der Waals surface area contributed by atoms with Crippen molar-refractivity contribution in [1.29, 1.82) is 5.26 Å². The maximum atomic E-state index is 9.70. The van der Waals surface area contributed by atoms with Crippen LogP contribution in [0.1, 0.15) is 99.3 Å². The Labute approximate surface area is 145 Å². The molecule has 1 fully saturated rings. The van der Waals surface area contributed by atoms with Gasteiger partial charge >= 0.3 is 0 Å². The van der Waals surface area contributed by atoms with Crippen LogP contribution in [0.5, 0.6) is 0 Å². The Morgan fingerprint density at radius 3 is 1.87 bits per heavy atom. The highest BCUT2D eigenvalue weighted by Gasteiger charge is 2.50. The minimum absolute atomic E-state index is 0.00830. The van der Waals surface area contributed by atoms with Gasteiger partial charge in [-0.05, 0) is 42.8 Å². The van der Waals surface area contributed by atoms with Gasteiger partial charge in [-0.2, -0.15) is 5.26 Å². The van der Waals surface area contributed by atoms with Crippen molar-refractivity contribution in [1.82, 2.24) is 0 Å². The molecule has 0 amide bonds. The van der Waals surface area contributed by atoms with Crippen molar-refractivity contribution in [2.75, 3.05) is 0 Å². The van der Waals surface area contributed by atoms with Crippen LogP contribution in [-0.2, 0) is 0 Å². The molecule has 2 N–H and O–H groups in total. The van der Waals surface area contributed by atoms with Gasteiger partial charge in [-0.3, -0.25) is 0 Å². The number of hydrogen-bond donors (Lipinski definition) is 1. The van der Waals surface area contributed by atoms with Crippen molar-refractivity contribution in [2.24, 2.45) is 21.9 Å². The smallest absolute Gasteiger partial charge is 0.209 e. The van der Waals surface area contributed by atoms with E-state index in [0.717, 1.165) is 0 Å². The molecule has 0 saturated heterocycles. The van der Waals surface area contributed by atoms with Crippen LogP contribution in [0.2, 0.25) is 5.31 Å². The Balaban J connectivity index is 3.01. The maximum absolute atomic E-state index is 9.70. The molecule has 0 aromatic carbocycles. The van der Waals surface area contributed by atoms with Crippen molar-refractivity contribution >= 4 is 7.41 Å². The van der Waals surface area contributed by atoms with Crippen LogP contribution in [0.15, 0.2) is 0 Å². The summed E-state index contributed by atoms with van der Waals surface area (Å²) in [5, 5.41) is 9.88. The second-order valence-electron chi connectivity index (χ2n) is 9.51.